The van der Waals surface area contributed by atoms with E-state index in [-0.39, 0.29) is 11.8 Å². The molecule has 6 rings (SSSR count). The number of aromatic amines is 2. The van der Waals surface area contributed by atoms with Crippen molar-refractivity contribution in [1.82, 2.24) is 35.1 Å². The predicted molar refractivity (Wildman–Crippen MR) is 125 cm³/mol. The third kappa shape index (κ3) is 3.71. The average Bonchev–Trinajstić information content (AvgIpc) is 3.48. The molecule has 1 aliphatic carbocycles. The molecule has 0 spiro atoms. The van der Waals surface area contributed by atoms with Crippen LogP contribution in [0, 0.1) is 5.92 Å². The van der Waals surface area contributed by atoms with E-state index in [9.17, 15) is 4.79 Å². The van der Waals surface area contributed by atoms with Crippen LogP contribution in [0.2, 0.25) is 0 Å². The van der Waals surface area contributed by atoms with Crippen molar-refractivity contribution in [2.24, 2.45) is 5.92 Å². The van der Waals surface area contributed by atoms with Crippen LogP contribution in [0.15, 0.2) is 49.1 Å². The third-order valence-electron chi connectivity index (χ3n) is 6.21. The molecule has 5 aromatic rings. The van der Waals surface area contributed by atoms with Gasteiger partial charge in [-0.2, -0.15) is 5.10 Å². The molecule has 1 amide bonds. The number of nitrogens with zero attached hydrogens (tertiary/aromatic N) is 5. The van der Waals surface area contributed by atoms with Crippen LogP contribution in [0.4, 0.5) is 5.69 Å². The van der Waals surface area contributed by atoms with E-state index in [0.717, 1.165) is 53.4 Å². The van der Waals surface area contributed by atoms with Gasteiger partial charge in [-0.1, -0.05) is 19.3 Å². The number of amides is 1. The quantitative estimate of drug-likeness (QED) is 0.380. The number of anilines is 1. The highest BCUT2D eigenvalue weighted by Crippen LogP contribution is 2.30. The zero-order valence-electron chi connectivity index (χ0n) is 17.9. The summed E-state index contributed by atoms with van der Waals surface area (Å²) in [6.07, 6.45) is 12.2. The van der Waals surface area contributed by atoms with Crippen molar-refractivity contribution in [3.63, 3.8) is 0 Å². The molecule has 0 atom stereocenters. The van der Waals surface area contributed by atoms with Crippen LogP contribution in [0.25, 0.3) is 44.8 Å². The number of carbonyl (C=O) groups excluding carboxylic acids is 1. The topological polar surface area (TPSA) is 125 Å². The van der Waals surface area contributed by atoms with Gasteiger partial charge >= 0.3 is 0 Å². The summed E-state index contributed by atoms with van der Waals surface area (Å²) in [5.41, 5.74) is 5.23. The van der Waals surface area contributed by atoms with Crippen LogP contribution < -0.4 is 5.32 Å². The second-order valence-electron chi connectivity index (χ2n) is 8.43. The van der Waals surface area contributed by atoms with Gasteiger partial charge in [-0.3, -0.25) is 19.9 Å². The normalized spacial score (nSPS) is 14.7. The lowest BCUT2D eigenvalue weighted by atomic mass is 9.88. The zero-order chi connectivity index (χ0) is 22.2. The smallest absolute Gasteiger partial charge is 0.227 e. The van der Waals surface area contributed by atoms with Gasteiger partial charge in [0.1, 0.15) is 5.69 Å². The highest BCUT2D eigenvalue weighted by molar-refractivity contribution is 5.95. The second-order valence-corrected chi connectivity index (χ2v) is 8.43. The fourth-order valence-corrected chi connectivity index (χ4v) is 4.47. The Hall–Kier alpha value is -4.14. The Morgan fingerprint density at radius 1 is 1.03 bits per heavy atom. The monoisotopic (exact) mass is 438 g/mol. The number of carbonyl (C=O) groups is 1. The largest absolute Gasteiger partial charge is 0.335 e. The Morgan fingerprint density at radius 3 is 2.82 bits per heavy atom. The molecule has 0 unspecified atom stereocenters. The minimum Gasteiger partial charge on any atom is -0.335 e. The minimum atomic E-state index is 0.0766. The van der Waals surface area contributed by atoms with Crippen molar-refractivity contribution < 1.29 is 4.79 Å². The molecule has 3 N–H and O–H groups in total. The van der Waals surface area contributed by atoms with Crippen molar-refractivity contribution in [2.45, 2.75) is 32.1 Å². The van der Waals surface area contributed by atoms with Crippen molar-refractivity contribution in [3.8, 4) is 22.8 Å². The number of rotatable bonds is 4. The Kier molecular flexibility index (Phi) is 4.79. The highest BCUT2D eigenvalue weighted by Gasteiger charge is 2.21. The lowest BCUT2D eigenvalue weighted by Gasteiger charge is -2.20. The van der Waals surface area contributed by atoms with Gasteiger partial charge in [0.05, 0.1) is 34.8 Å². The summed E-state index contributed by atoms with van der Waals surface area (Å²) in [4.78, 5) is 33.7. The summed E-state index contributed by atoms with van der Waals surface area (Å²) < 4.78 is 0. The number of hydrogen-bond acceptors (Lipinski definition) is 6. The molecule has 0 aromatic carbocycles. The van der Waals surface area contributed by atoms with Crippen LogP contribution >= 0.6 is 0 Å². The van der Waals surface area contributed by atoms with Gasteiger partial charge in [-0.25, -0.2) is 9.97 Å². The number of aromatic nitrogens is 7. The van der Waals surface area contributed by atoms with Crippen LogP contribution in [0.3, 0.4) is 0 Å². The summed E-state index contributed by atoms with van der Waals surface area (Å²) in [7, 11) is 0. The molecule has 0 aliphatic heterocycles. The minimum absolute atomic E-state index is 0.0766. The molecule has 1 saturated carbocycles. The number of nitrogens with one attached hydrogen (secondary N) is 3. The van der Waals surface area contributed by atoms with E-state index in [2.05, 4.69) is 40.4 Å². The van der Waals surface area contributed by atoms with Crippen LogP contribution in [0.1, 0.15) is 32.1 Å². The van der Waals surface area contributed by atoms with E-state index in [4.69, 9.17) is 0 Å². The van der Waals surface area contributed by atoms with E-state index in [1.807, 2.05) is 24.3 Å². The summed E-state index contributed by atoms with van der Waals surface area (Å²) in [6, 6.07) is 7.66. The SMILES string of the molecule is O=C(Nc1cncc(-c2cc3c(-c4nc5ncccc5[nH]4)n[nH]c3cn2)c1)C1CCCCC1. The van der Waals surface area contributed by atoms with Gasteiger partial charge in [-0.15, -0.1) is 0 Å². The summed E-state index contributed by atoms with van der Waals surface area (Å²) in [6.45, 7) is 0. The molecule has 9 nitrogen and oxygen atoms in total. The molecular weight excluding hydrogens is 416 g/mol. The summed E-state index contributed by atoms with van der Waals surface area (Å²) in [5, 5.41) is 11.4. The van der Waals surface area contributed by atoms with Gasteiger partial charge in [0, 0.05) is 29.3 Å². The molecule has 0 saturated heterocycles. The lowest BCUT2D eigenvalue weighted by molar-refractivity contribution is -0.120. The molecule has 164 valence electrons. The Labute approximate surface area is 189 Å². The molecule has 9 heteroatoms. The van der Waals surface area contributed by atoms with Gasteiger partial charge < -0.3 is 10.3 Å². The molecule has 1 aliphatic rings. The molecular formula is C24H22N8O. The average molecular weight is 438 g/mol. The fourth-order valence-electron chi connectivity index (χ4n) is 4.47. The third-order valence-corrected chi connectivity index (χ3v) is 6.21. The lowest BCUT2D eigenvalue weighted by Crippen LogP contribution is -2.24. The van der Waals surface area contributed by atoms with Crippen molar-refractivity contribution in [1.29, 1.82) is 0 Å². The first-order chi connectivity index (χ1) is 16.2. The molecule has 1 fully saturated rings. The van der Waals surface area contributed by atoms with E-state index >= 15 is 0 Å². The van der Waals surface area contributed by atoms with E-state index in [1.165, 1.54) is 6.42 Å². The second kappa shape index (κ2) is 8.09. The first-order valence-electron chi connectivity index (χ1n) is 11.2. The number of hydrogen-bond donors (Lipinski definition) is 3. The number of imidazole rings is 1. The highest BCUT2D eigenvalue weighted by atomic mass is 16.1. The van der Waals surface area contributed by atoms with Gasteiger partial charge in [0.25, 0.3) is 0 Å². The Bertz CT molecular complexity index is 1430. The van der Waals surface area contributed by atoms with Crippen molar-refractivity contribution in [3.05, 3.63) is 49.1 Å². The first-order valence-corrected chi connectivity index (χ1v) is 11.2. The van der Waals surface area contributed by atoms with Crippen molar-refractivity contribution >= 4 is 33.7 Å². The Morgan fingerprint density at radius 2 is 1.94 bits per heavy atom. The van der Waals surface area contributed by atoms with E-state index in [0.29, 0.717) is 22.9 Å². The van der Waals surface area contributed by atoms with Gasteiger partial charge in [0.15, 0.2) is 11.5 Å². The van der Waals surface area contributed by atoms with Gasteiger partial charge in [-0.05, 0) is 37.1 Å². The molecule has 5 aromatic heterocycles. The molecule has 0 radical (unpaired) electrons. The van der Waals surface area contributed by atoms with Crippen molar-refractivity contribution in [2.75, 3.05) is 5.32 Å². The molecule has 33 heavy (non-hydrogen) atoms. The maximum Gasteiger partial charge on any atom is 0.227 e. The van der Waals surface area contributed by atoms with Crippen LogP contribution in [-0.4, -0.2) is 41.0 Å². The van der Waals surface area contributed by atoms with Crippen LogP contribution in [0.5, 0.6) is 0 Å². The number of H-pyrrole nitrogens is 2. The van der Waals surface area contributed by atoms with E-state index in [1.54, 1.807) is 24.8 Å². The summed E-state index contributed by atoms with van der Waals surface area (Å²) in [5.74, 6) is 0.801. The summed E-state index contributed by atoms with van der Waals surface area (Å²) >= 11 is 0. The number of fused-ring (bicyclic) bond motifs is 2. The fraction of sp³-hybridized carbons (Fsp3) is 0.250. The molecule has 5 heterocycles. The zero-order valence-corrected chi connectivity index (χ0v) is 17.9. The maximum atomic E-state index is 12.6. The first kappa shape index (κ1) is 19.5. The predicted octanol–water partition coefficient (Wildman–Crippen LogP) is 4.48. The Balaban J connectivity index is 1.32. The standard InChI is InChI=1S/C24H22N8O/c33-24(14-5-2-1-3-6-14)28-16-9-15(11-25-12-16)19-10-17-20(13-27-19)31-32-21(17)23-29-18-7-4-8-26-22(18)30-23/h4,7-14H,1-3,5-6H2,(H,28,33)(H,31,32)(H,26,29,30). The molecule has 0 bridgehead atoms. The van der Waals surface area contributed by atoms with Gasteiger partial charge in [0.2, 0.25) is 5.91 Å². The number of pyridine rings is 3. The van der Waals surface area contributed by atoms with Crippen LogP contribution in [-0.2, 0) is 4.79 Å². The van der Waals surface area contributed by atoms with E-state index < -0.39 is 0 Å². The maximum absolute atomic E-state index is 12.6.